The first-order valence-electron chi connectivity index (χ1n) is 8.07. The van der Waals surface area contributed by atoms with Crippen molar-refractivity contribution in [2.45, 2.75) is 38.4 Å². The summed E-state index contributed by atoms with van der Waals surface area (Å²) in [5.74, 6) is 0.562. The number of imidazole rings is 1. The summed E-state index contributed by atoms with van der Waals surface area (Å²) in [5, 5.41) is 8.05. The van der Waals surface area contributed by atoms with Gasteiger partial charge in [0, 0.05) is 42.4 Å². The smallest absolute Gasteiger partial charge is 0.253 e. The van der Waals surface area contributed by atoms with Crippen molar-refractivity contribution in [3.63, 3.8) is 0 Å². The highest BCUT2D eigenvalue weighted by Gasteiger charge is 2.15. The summed E-state index contributed by atoms with van der Waals surface area (Å²) in [7, 11) is 0. The van der Waals surface area contributed by atoms with E-state index in [4.69, 9.17) is 0 Å². The minimum absolute atomic E-state index is 0.0109. The molecule has 1 N–H and O–H groups in total. The van der Waals surface area contributed by atoms with Gasteiger partial charge in [0.2, 0.25) is 11.1 Å². The topological polar surface area (TPSA) is 90.0 Å². The largest absolute Gasteiger partial charge is 0.356 e. The predicted octanol–water partition coefficient (Wildman–Crippen LogP) is 1.41. The van der Waals surface area contributed by atoms with E-state index in [0.717, 1.165) is 29.9 Å². The number of fused-ring (bicyclic) bond motifs is 1. The molecular weight excluding hydrogens is 338 g/mol. The zero-order valence-electron chi connectivity index (χ0n) is 14.6. The maximum absolute atomic E-state index is 12.3. The number of carbonyl (C=O) groups is 1. The van der Waals surface area contributed by atoms with Crippen molar-refractivity contribution in [1.82, 2.24) is 34.4 Å². The lowest BCUT2D eigenvalue weighted by atomic mass is 10.1. The zero-order valence-corrected chi connectivity index (χ0v) is 15.4. The molecule has 0 radical (unpaired) electrons. The second kappa shape index (κ2) is 7.64. The van der Waals surface area contributed by atoms with Crippen LogP contribution in [0.5, 0.6) is 0 Å². The zero-order chi connectivity index (χ0) is 17.8. The number of aromatic nitrogens is 6. The number of nitrogens with one attached hydrogen (secondary N) is 1. The number of hydrogen-bond donors (Lipinski definition) is 1. The number of nitrogens with zero attached hydrogens (tertiary/aromatic N) is 6. The van der Waals surface area contributed by atoms with E-state index in [1.165, 1.54) is 11.8 Å². The van der Waals surface area contributed by atoms with Crippen molar-refractivity contribution in [1.29, 1.82) is 0 Å². The van der Waals surface area contributed by atoms with Crippen molar-refractivity contribution in [2.24, 2.45) is 0 Å². The highest BCUT2D eigenvalue weighted by molar-refractivity contribution is 7.98. The van der Waals surface area contributed by atoms with E-state index in [9.17, 15) is 4.79 Å². The second-order valence-electron chi connectivity index (χ2n) is 5.75. The standard InChI is InChI=1S/C16H21N7OS/c1-11-13(12(2)23-15(19-11)20-16(21-23)25-3)9-14(24)18-5-4-7-22-8-6-17-10-22/h6,8,10H,4-5,7,9H2,1-3H3,(H,18,24). The van der Waals surface area contributed by atoms with Crippen LogP contribution >= 0.6 is 11.8 Å². The third-order valence-corrected chi connectivity index (χ3v) is 4.56. The van der Waals surface area contributed by atoms with E-state index in [0.29, 0.717) is 23.9 Å². The Morgan fingerprint density at radius 1 is 1.32 bits per heavy atom. The van der Waals surface area contributed by atoms with E-state index in [1.54, 1.807) is 17.0 Å². The fourth-order valence-corrected chi connectivity index (χ4v) is 3.00. The van der Waals surface area contributed by atoms with Gasteiger partial charge >= 0.3 is 0 Å². The normalized spacial score (nSPS) is 11.2. The van der Waals surface area contributed by atoms with Crippen molar-refractivity contribution in [3.05, 3.63) is 35.7 Å². The molecule has 0 aliphatic heterocycles. The number of thioether (sulfide) groups is 1. The maximum atomic E-state index is 12.3. The van der Waals surface area contributed by atoms with Crippen LogP contribution in [0.1, 0.15) is 23.4 Å². The van der Waals surface area contributed by atoms with E-state index in [-0.39, 0.29) is 5.91 Å². The Labute approximate surface area is 150 Å². The Balaban J connectivity index is 1.62. The van der Waals surface area contributed by atoms with Gasteiger partial charge in [-0.1, -0.05) is 11.8 Å². The summed E-state index contributed by atoms with van der Waals surface area (Å²) in [4.78, 5) is 25.1. The van der Waals surface area contributed by atoms with E-state index < -0.39 is 0 Å². The Kier molecular flexibility index (Phi) is 5.32. The van der Waals surface area contributed by atoms with Crippen LogP contribution in [0.25, 0.3) is 5.78 Å². The summed E-state index contributed by atoms with van der Waals surface area (Å²) in [6, 6.07) is 0. The average molecular weight is 359 g/mol. The van der Waals surface area contributed by atoms with E-state index in [1.807, 2.05) is 30.9 Å². The highest BCUT2D eigenvalue weighted by Crippen LogP contribution is 2.17. The van der Waals surface area contributed by atoms with Gasteiger partial charge in [-0.2, -0.15) is 4.98 Å². The molecule has 0 aliphatic rings. The molecule has 0 saturated heterocycles. The van der Waals surface area contributed by atoms with Crippen LogP contribution in [0, 0.1) is 13.8 Å². The molecule has 3 heterocycles. The van der Waals surface area contributed by atoms with Gasteiger partial charge < -0.3 is 9.88 Å². The van der Waals surface area contributed by atoms with Crippen LogP contribution in [0.15, 0.2) is 23.9 Å². The van der Waals surface area contributed by atoms with E-state index >= 15 is 0 Å². The quantitative estimate of drug-likeness (QED) is 0.507. The molecule has 3 aromatic rings. The lowest BCUT2D eigenvalue weighted by molar-refractivity contribution is -0.120. The molecule has 25 heavy (non-hydrogen) atoms. The second-order valence-corrected chi connectivity index (χ2v) is 6.53. The molecule has 132 valence electrons. The number of aryl methyl sites for hydroxylation is 3. The minimum atomic E-state index is -0.0109. The first kappa shape index (κ1) is 17.4. The Morgan fingerprint density at radius 2 is 2.16 bits per heavy atom. The van der Waals surface area contributed by atoms with Crippen LogP contribution < -0.4 is 5.32 Å². The van der Waals surface area contributed by atoms with Gasteiger partial charge in [-0.3, -0.25) is 4.79 Å². The molecule has 0 bridgehead atoms. The number of rotatable bonds is 7. The molecule has 3 rings (SSSR count). The number of hydrogen-bond acceptors (Lipinski definition) is 6. The maximum Gasteiger partial charge on any atom is 0.253 e. The molecule has 0 aliphatic carbocycles. The molecule has 0 saturated carbocycles. The van der Waals surface area contributed by atoms with Crippen LogP contribution in [0.3, 0.4) is 0 Å². The average Bonchev–Trinajstić information content (AvgIpc) is 3.24. The van der Waals surface area contributed by atoms with Crippen LogP contribution in [0.4, 0.5) is 0 Å². The fraction of sp³-hybridized carbons (Fsp3) is 0.438. The van der Waals surface area contributed by atoms with Crippen molar-refractivity contribution < 1.29 is 4.79 Å². The SMILES string of the molecule is CSc1nc2nc(C)c(CC(=O)NCCCn3ccnc3)c(C)n2n1. The molecule has 0 spiro atoms. The van der Waals surface area contributed by atoms with Gasteiger partial charge in [0.25, 0.3) is 5.78 Å². The molecule has 9 heteroatoms. The summed E-state index contributed by atoms with van der Waals surface area (Å²) < 4.78 is 3.70. The van der Waals surface area contributed by atoms with Crippen LogP contribution in [-0.4, -0.2) is 47.8 Å². The summed E-state index contributed by atoms with van der Waals surface area (Å²) in [6.45, 7) is 5.32. The third-order valence-electron chi connectivity index (χ3n) is 4.02. The lowest BCUT2D eigenvalue weighted by Gasteiger charge is -2.11. The third kappa shape index (κ3) is 3.98. The summed E-state index contributed by atoms with van der Waals surface area (Å²) in [6.07, 6.45) is 8.51. The Hall–Kier alpha value is -2.42. The molecule has 1 amide bonds. The predicted molar refractivity (Wildman–Crippen MR) is 95.6 cm³/mol. The molecule has 0 aromatic carbocycles. The van der Waals surface area contributed by atoms with Gasteiger partial charge in [-0.15, -0.1) is 5.10 Å². The number of amides is 1. The molecule has 0 fully saturated rings. The summed E-state index contributed by atoms with van der Waals surface area (Å²) >= 11 is 1.47. The van der Waals surface area contributed by atoms with Crippen molar-refractivity contribution in [3.8, 4) is 0 Å². The number of carbonyl (C=O) groups excluding carboxylic acids is 1. The molecule has 0 unspecified atom stereocenters. The first-order chi connectivity index (χ1) is 12.1. The molecule has 8 nitrogen and oxygen atoms in total. The van der Waals surface area contributed by atoms with E-state index in [2.05, 4.69) is 25.4 Å². The van der Waals surface area contributed by atoms with Gasteiger partial charge in [-0.25, -0.2) is 14.5 Å². The molecular formula is C16H21N7OS. The van der Waals surface area contributed by atoms with Gasteiger partial charge in [0.1, 0.15) is 0 Å². The first-order valence-corrected chi connectivity index (χ1v) is 9.30. The Bertz CT molecular complexity index is 872. The van der Waals surface area contributed by atoms with Crippen LogP contribution in [0.2, 0.25) is 0 Å². The molecule has 0 atom stereocenters. The fourth-order valence-electron chi connectivity index (χ4n) is 2.66. The Morgan fingerprint density at radius 3 is 2.88 bits per heavy atom. The monoisotopic (exact) mass is 359 g/mol. The molecule has 3 aromatic heterocycles. The lowest BCUT2D eigenvalue weighted by Crippen LogP contribution is -2.27. The van der Waals surface area contributed by atoms with Gasteiger partial charge in [-0.05, 0) is 26.5 Å². The van der Waals surface area contributed by atoms with Gasteiger partial charge in [0.15, 0.2) is 0 Å². The van der Waals surface area contributed by atoms with Crippen LogP contribution in [-0.2, 0) is 17.8 Å². The highest BCUT2D eigenvalue weighted by atomic mass is 32.2. The van der Waals surface area contributed by atoms with Crippen molar-refractivity contribution >= 4 is 23.4 Å². The van der Waals surface area contributed by atoms with Gasteiger partial charge in [0.05, 0.1) is 12.7 Å². The summed E-state index contributed by atoms with van der Waals surface area (Å²) in [5.41, 5.74) is 2.62. The van der Waals surface area contributed by atoms with Crippen molar-refractivity contribution in [2.75, 3.05) is 12.8 Å². The minimum Gasteiger partial charge on any atom is -0.356 e.